The van der Waals surface area contributed by atoms with Gasteiger partial charge in [0, 0.05) is 6.20 Å². The van der Waals surface area contributed by atoms with Gasteiger partial charge in [0.15, 0.2) is 0 Å². The number of nitrogens with zero attached hydrogens (tertiary/aromatic N) is 1. The van der Waals surface area contributed by atoms with E-state index < -0.39 is 15.8 Å². The average molecular weight is 360 g/mol. The second-order valence-electron chi connectivity index (χ2n) is 4.09. The molecule has 2 rings (SSSR count). The highest BCUT2D eigenvalue weighted by atomic mass is 79.9. The number of rotatable bonds is 3. The molecule has 0 atom stereocenters. The molecule has 1 heterocycles. The third-order valence-corrected chi connectivity index (χ3v) is 4.73. The highest BCUT2D eigenvalue weighted by molar-refractivity contribution is 9.10. The smallest absolute Gasteiger partial charge is 0.262 e. The van der Waals surface area contributed by atoms with Gasteiger partial charge in [-0.3, -0.25) is 4.72 Å². The predicted molar refractivity (Wildman–Crippen MR) is 78.3 cm³/mol. The molecule has 0 aliphatic heterocycles. The van der Waals surface area contributed by atoms with E-state index in [0.717, 1.165) is 12.1 Å². The molecule has 8 heteroatoms. The molecule has 1 aromatic carbocycles. The molecule has 0 amide bonds. The van der Waals surface area contributed by atoms with Crippen LogP contribution in [0.4, 0.5) is 15.8 Å². The van der Waals surface area contributed by atoms with E-state index in [1.54, 1.807) is 12.1 Å². The van der Waals surface area contributed by atoms with Crippen LogP contribution < -0.4 is 10.5 Å². The number of halogens is 2. The van der Waals surface area contributed by atoms with Crippen LogP contribution in [-0.4, -0.2) is 13.4 Å². The maximum Gasteiger partial charge on any atom is 0.262 e. The number of nitrogens with two attached hydrogens (primary N) is 1. The van der Waals surface area contributed by atoms with Crippen molar-refractivity contribution in [1.29, 1.82) is 0 Å². The lowest BCUT2D eigenvalue weighted by molar-refractivity contribution is 0.599. The molecular formula is C12H11BrFN3O2S. The minimum absolute atomic E-state index is 0.0767. The molecule has 0 unspecified atom stereocenters. The van der Waals surface area contributed by atoms with Crippen molar-refractivity contribution in [2.24, 2.45) is 0 Å². The van der Waals surface area contributed by atoms with E-state index in [-0.39, 0.29) is 21.8 Å². The highest BCUT2D eigenvalue weighted by Crippen LogP contribution is 2.26. The first kappa shape index (κ1) is 14.7. The van der Waals surface area contributed by atoms with Gasteiger partial charge >= 0.3 is 0 Å². The van der Waals surface area contributed by atoms with Gasteiger partial charge in [0.25, 0.3) is 10.0 Å². The zero-order valence-electron chi connectivity index (χ0n) is 10.4. The van der Waals surface area contributed by atoms with Gasteiger partial charge in [-0.25, -0.2) is 17.8 Å². The van der Waals surface area contributed by atoms with E-state index in [4.69, 9.17) is 5.73 Å². The normalized spacial score (nSPS) is 11.3. The van der Waals surface area contributed by atoms with Crippen molar-refractivity contribution in [3.8, 4) is 0 Å². The van der Waals surface area contributed by atoms with Gasteiger partial charge in [0.1, 0.15) is 10.4 Å². The molecule has 0 saturated carbocycles. The summed E-state index contributed by atoms with van der Waals surface area (Å²) in [5, 5.41) is 0. The monoisotopic (exact) mass is 359 g/mol. The number of nitrogen functional groups attached to an aromatic ring is 1. The number of nitrogens with one attached hydrogen (secondary N) is 1. The molecule has 0 spiro atoms. The van der Waals surface area contributed by atoms with Crippen LogP contribution in [-0.2, 0) is 10.0 Å². The van der Waals surface area contributed by atoms with Gasteiger partial charge in [0.2, 0.25) is 0 Å². The number of sulfonamides is 1. The maximum absolute atomic E-state index is 13.3. The van der Waals surface area contributed by atoms with Crippen LogP contribution in [0.1, 0.15) is 5.56 Å². The largest absolute Gasteiger partial charge is 0.396 e. The van der Waals surface area contributed by atoms with Crippen LogP contribution >= 0.6 is 15.9 Å². The Morgan fingerprint density at radius 2 is 2.10 bits per heavy atom. The van der Waals surface area contributed by atoms with Crippen LogP contribution in [0.3, 0.4) is 0 Å². The van der Waals surface area contributed by atoms with Crippen molar-refractivity contribution >= 4 is 37.3 Å². The quantitative estimate of drug-likeness (QED) is 0.651. The summed E-state index contributed by atoms with van der Waals surface area (Å²) in [5.74, 6) is -0.649. The molecule has 5 nitrogen and oxygen atoms in total. The van der Waals surface area contributed by atoms with Crippen LogP contribution in [0.15, 0.2) is 40.0 Å². The molecule has 0 aliphatic carbocycles. The van der Waals surface area contributed by atoms with Gasteiger partial charge in [-0.15, -0.1) is 0 Å². The van der Waals surface area contributed by atoms with Crippen molar-refractivity contribution in [1.82, 2.24) is 4.98 Å². The predicted octanol–water partition coefficient (Wildman–Crippen LogP) is 2.67. The summed E-state index contributed by atoms with van der Waals surface area (Å²) in [6, 6.07) is 5.32. The molecular weight excluding hydrogens is 349 g/mol. The second-order valence-corrected chi connectivity index (χ2v) is 6.49. The average Bonchev–Trinajstić information content (AvgIpc) is 2.36. The van der Waals surface area contributed by atoms with Gasteiger partial charge in [-0.1, -0.05) is 0 Å². The summed E-state index contributed by atoms with van der Waals surface area (Å²) >= 11 is 3.14. The fraction of sp³-hybridized carbons (Fsp3) is 0.0833. The third-order valence-electron chi connectivity index (χ3n) is 2.59. The van der Waals surface area contributed by atoms with Gasteiger partial charge in [0.05, 0.1) is 16.3 Å². The first-order valence-electron chi connectivity index (χ1n) is 5.50. The van der Waals surface area contributed by atoms with E-state index in [1.165, 1.54) is 13.1 Å². The summed E-state index contributed by atoms with van der Waals surface area (Å²) in [7, 11) is -3.87. The summed E-state index contributed by atoms with van der Waals surface area (Å²) < 4.78 is 40.6. The van der Waals surface area contributed by atoms with Crippen molar-refractivity contribution in [3.05, 3.63) is 46.4 Å². The number of aromatic nitrogens is 1. The van der Waals surface area contributed by atoms with Crippen molar-refractivity contribution in [2.75, 3.05) is 10.5 Å². The lowest BCUT2D eigenvalue weighted by Crippen LogP contribution is -2.15. The summed E-state index contributed by atoms with van der Waals surface area (Å²) in [4.78, 5) is 3.84. The van der Waals surface area contributed by atoms with Crippen LogP contribution in [0.25, 0.3) is 0 Å². The van der Waals surface area contributed by atoms with Crippen LogP contribution in [0.2, 0.25) is 0 Å². The minimum atomic E-state index is -3.87. The second kappa shape index (κ2) is 5.37. The van der Waals surface area contributed by atoms with E-state index in [2.05, 4.69) is 25.6 Å². The van der Waals surface area contributed by atoms with E-state index in [1.807, 2.05) is 0 Å². The molecule has 0 bridgehead atoms. The van der Waals surface area contributed by atoms with E-state index >= 15 is 0 Å². The summed E-state index contributed by atoms with van der Waals surface area (Å²) in [6.45, 7) is 1.50. The maximum atomic E-state index is 13.3. The summed E-state index contributed by atoms with van der Waals surface area (Å²) in [6.07, 6.45) is 1.52. The lowest BCUT2D eigenvalue weighted by atomic mass is 10.2. The number of anilines is 2. The lowest BCUT2D eigenvalue weighted by Gasteiger charge is -2.12. The number of aryl methyl sites for hydroxylation is 1. The Labute approximate surface area is 124 Å². The SMILES string of the molecule is Cc1cc(F)c(N)cc1S(=O)(=O)Nc1cccnc1Br. The number of hydrogen-bond donors (Lipinski definition) is 2. The van der Waals surface area contributed by atoms with Crippen LogP contribution in [0.5, 0.6) is 0 Å². The first-order valence-corrected chi connectivity index (χ1v) is 7.78. The fourth-order valence-electron chi connectivity index (χ4n) is 1.62. The Morgan fingerprint density at radius 1 is 1.40 bits per heavy atom. The third kappa shape index (κ3) is 2.91. The van der Waals surface area contributed by atoms with E-state index in [9.17, 15) is 12.8 Å². The van der Waals surface area contributed by atoms with Crippen molar-refractivity contribution in [2.45, 2.75) is 11.8 Å². The first-order chi connectivity index (χ1) is 9.31. The summed E-state index contributed by atoms with van der Waals surface area (Å²) in [5.41, 5.74) is 5.75. The van der Waals surface area contributed by atoms with Crippen LogP contribution in [0, 0.1) is 12.7 Å². The number of hydrogen-bond acceptors (Lipinski definition) is 4. The molecule has 0 radical (unpaired) electrons. The fourth-order valence-corrected chi connectivity index (χ4v) is 3.43. The topological polar surface area (TPSA) is 85.1 Å². The zero-order valence-corrected chi connectivity index (χ0v) is 12.8. The van der Waals surface area contributed by atoms with Gasteiger partial charge in [-0.05, 0) is 52.7 Å². The Bertz CT molecular complexity index is 765. The van der Waals surface area contributed by atoms with E-state index in [0.29, 0.717) is 4.60 Å². The molecule has 0 saturated heterocycles. The van der Waals surface area contributed by atoms with Gasteiger partial charge in [-0.2, -0.15) is 0 Å². The number of pyridine rings is 1. The molecule has 0 fully saturated rings. The van der Waals surface area contributed by atoms with Gasteiger partial charge < -0.3 is 5.73 Å². The molecule has 0 aliphatic rings. The molecule has 1 aromatic heterocycles. The Kier molecular flexibility index (Phi) is 3.96. The highest BCUT2D eigenvalue weighted by Gasteiger charge is 2.20. The molecule has 3 N–H and O–H groups in total. The Balaban J connectivity index is 2.47. The number of benzene rings is 1. The molecule has 20 heavy (non-hydrogen) atoms. The molecule has 2 aromatic rings. The van der Waals surface area contributed by atoms with Crippen molar-refractivity contribution in [3.63, 3.8) is 0 Å². The molecule has 106 valence electrons. The zero-order chi connectivity index (χ0) is 14.9. The Morgan fingerprint density at radius 3 is 2.75 bits per heavy atom. The standard InChI is InChI=1S/C12H11BrFN3O2S/c1-7-5-8(14)9(15)6-11(7)20(18,19)17-10-3-2-4-16-12(10)13/h2-6,17H,15H2,1H3. The van der Waals surface area contributed by atoms with Crippen molar-refractivity contribution < 1.29 is 12.8 Å². The Hall–Kier alpha value is -1.67. The minimum Gasteiger partial charge on any atom is -0.396 e.